The zero-order valence-electron chi connectivity index (χ0n) is 20.7. The molecule has 5 nitrogen and oxygen atoms in total. The molecule has 0 radical (unpaired) electrons. The molecule has 0 aromatic heterocycles. The zero-order chi connectivity index (χ0) is 24.8. The van der Waals surface area contributed by atoms with E-state index in [2.05, 4.69) is 55.5 Å². The van der Waals surface area contributed by atoms with Crippen LogP contribution in [0.4, 0.5) is 0 Å². The van der Waals surface area contributed by atoms with Gasteiger partial charge in [0.1, 0.15) is 17.5 Å². The van der Waals surface area contributed by atoms with Crippen LogP contribution in [0.25, 0.3) is 23.3 Å². The van der Waals surface area contributed by atoms with Gasteiger partial charge < -0.3 is 14.6 Å². The number of benzene rings is 3. The summed E-state index contributed by atoms with van der Waals surface area (Å²) in [4.78, 5) is 13.8. The number of aliphatic carboxylic acids is 1. The van der Waals surface area contributed by atoms with Crippen LogP contribution in [-0.2, 0) is 11.3 Å². The number of hydrogen-bond acceptors (Lipinski definition) is 4. The van der Waals surface area contributed by atoms with Gasteiger partial charge >= 0.3 is 5.97 Å². The number of carboxylic acids is 1. The Bertz CT molecular complexity index is 1200. The lowest BCUT2D eigenvalue weighted by atomic mass is 9.96. The van der Waals surface area contributed by atoms with E-state index in [1.165, 1.54) is 16.7 Å². The first-order valence-electron chi connectivity index (χ1n) is 12.1. The fraction of sp³-hybridized carbons (Fsp3) is 0.300. The number of piperidine rings is 1. The van der Waals surface area contributed by atoms with Crippen LogP contribution in [0, 0.1) is 6.92 Å². The highest BCUT2D eigenvalue weighted by molar-refractivity contribution is 5.79. The van der Waals surface area contributed by atoms with Crippen LogP contribution in [0.3, 0.4) is 0 Å². The second-order valence-electron chi connectivity index (χ2n) is 8.95. The highest BCUT2D eigenvalue weighted by Gasteiger charge is 2.29. The summed E-state index contributed by atoms with van der Waals surface area (Å²) in [5.74, 6) is 0.705. The van der Waals surface area contributed by atoms with Crippen LogP contribution in [0.1, 0.15) is 41.5 Å². The molecule has 5 heteroatoms. The van der Waals surface area contributed by atoms with Crippen molar-refractivity contribution >= 4 is 18.1 Å². The van der Waals surface area contributed by atoms with Gasteiger partial charge in [-0.1, -0.05) is 67.1 Å². The van der Waals surface area contributed by atoms with Crippen molar-refractivity contribution in [1.82, 2.24) is 4.90 Å². The SMILES string of the molecule is COc1cc(CN2CCCCC2C(=O)O)c(OC)cc1/C=C/c1cccc(-c2ccccc2)c1C. The van der Waals surface area contributed by atoms with Crippen molar-refractivity contribution in [3.63, 3.8) is 0 Å². The van der Waals surface area contributed by atoms with Crippen molar-refractivity contribution in [2.24, 2.45) is 0 Å². The van der Waals surface area contributed by atoms with Crippen molar-refractivity contribution in [1.29, 1.82) is 0 Å². The predicted octanol–water partition coefficient (Wildman–Crippen LogP) is 6.29. The maximum absolute atomic E-state index is 11.7. The number of carboxylic acid groups (broad SMARTS) is 1. The Hall–Kier alpha value is -3.57. The second kappa shape index (κ2) is 11.2. The summed E-state index contributed by atoms with van der Waals surface area (Å²) >= 11 is 0. The Kier molecular flexibility index (Phi) is 7.88. The molecule has 35 heavy (non-hydrogen) atoms. The minimum Gasteiger partial charge on any atom is -0.496 e. The highest BCUT2D eigenvalue weighted by Crippen LogP contribution is 2.33. The first-order chi connectivity index (χ1) is 17.0. The number of rotatable bonds is 8. The molecule has 0 saturated carbocycles. The van der Waals surface area contributed by atoms with Gasteiger partial charge in [-0.2, -0.15) is 0 Å². The summed E-state index contributed by atoms with van der Waals surface area (Å²) in [5.41, 5.74) is 6.59. The number of ether oxygens (including phenoxy) is 2. The van der Waals surface area contributed by atoms with Crippen molar-refractivity contribution < 1.29 is 19.4 Å². The Morgan fingerprint density at radius 3 is 2.43 bits per heavy atom. The molecular weight excluding hydrogens is 438 g/mol. The molecule has 0 amide bonds. The Labute approximate surface area is 207 Å². The van der Waals surface area contributed by atoms with Gasteiger partial charge in [0.2, 0.25) is 0 Å². The van der Waals surface area contributed by atoms with Gasteiger partial charge in [0.25, 0.3) is 0 Å². The molecular formula is C30H33NO4. The van der Waals surface area contributed by atoms with Gasteiger partial charge in [0, 0.05) is 17.7 Å². The van der Waals surface area contributed by atoms with Crippen LogP contribution in [-0.4, -0.2) is 42.8 Å². The average molecular weight is 472 g/mol. The molecule has 3 aromatic rings. The molecule has 0 bridgehead atoms. The molecule has 1 saturated heterocycles. The van der Waals surface area contributed by atoms with Gasteiger partial charge in [-0.05, 0) is 60.7 Å². The number of carbonyl (C=O) groups is 1. The van der Waals surface area contributed by atoms with E-state index in [1.807, 2.05) is 29.2 Å². The maximum atomic E-state index is 11.7. The summed E-state index contributed by atoms with van der Waals surface area (Å²) < 4.78 is 11.4. The second-order valence-corrected chi connectivity index (χ2v) is 8.95. The Morgan fingerprint density at radius 1 is 0.971 bits per heavy atom. The van der Waals surface area contributed by atoms with Crippen molar-refractivity contribution in [3.05, 3.63) is 82.9 Å². The normalized spacial score (nSPS) is 16.4. The highest BCUT2D eigenvalue weighted by atomic mass is 16.5. The molecule has 1 fully saturated rings. The number of likely N-dealkylation sites (tertiary alicyclic amines) is 1. The molecule has 4 rings (SSSR count). The first-order valence-corrected chi connectivity index (χ1v) is 12.1. The molecule has 3 aromatic carbocycles. The van der Waals surface area contributed by atoms with E-state index < -0.39 is 12.0 Å². The fourth-order valence-corrected chi connectivity index (χ4v) is 4.86. The van der Waals surface area contributed by atoms with Gasteiger partial charge in [-0.3, -0.25) is 9.69 Å². The molecule has 1 aliphatic rings. The van der Waals surface area contributed by atoms with Crippen LogP contribution in [0.2, 0.25) is 0 Å². The van der Waals surface area contributed by atoms with Crippen LogP contribution >= 0.6 is 0 Å². The molecule has 1 N–H and O–H groups in total. The predicted molar refractivity (Wildman–Crippen MR) is 141 cm³/mol. The number of hydrogen-bond donors (Lipinski definition) is 1. The molecule has 1 aliphatic heterocycles. The van der Waals surface area contributed by atoms with Crippen LogP contribution < -0.4 is 9.47 Å². The number of nitrogens with zero attached hydrogens (tertiary/aromatic N) is 1. The summed E-state index contributed by atoms with van der Waals surface area (Å²) in [6, 6.07) is 20.2. The Morgan fingerprint density at radius 2 is 1.71 bits per heavy atom. The molecule has 1 heterocycles. The summed E-state index contributed by atoms with van der Waals surface area (Å²) in [6.45, 7) is 3.42. The largest absolute Gasteiger partial charge is 0.496 e. The standard InChI is InChI=1S/C30H33NO4/c1-21-22(12-9-13-26(21)23-10-5-4-6-11-23)15-16-24-18-29(35-3)25(19-28(24)34-2)20-31-17-8-7-14-27(31)30(32)33/h4-6,9-13,15-16,18-19,27H,7-8,14,17,20H2,1-3H3,(H,32,33)/b16-15+. The smallest absolute Gasteiger partial charge is 0.320 e. The number of methoxy groups -OCH3 is 2. The van der Waals surface area contributed by atoms with Gasteiger partial charge in [-0.15, -0.1) is 0 Å². The minimum absolute atomic E-state index is 0.459. The van der Waals surface area contributed by atoms with E-state index >= 15 is 0 Å². The van der Waals surface area contributed by atoms with E-state index in [-0.39, 0.29) is 0 Å². The van der Waals surface area contributed by atoms with Crippen LogP contribution in [0.15, 0.2) is 60.7 Å². The summed E-state index contributed by atoms with van der Waals surface area (Å²) in [5, 5.41) is 9.64. The lowest BCUT2D eigenvalue weighted by Gasteiger charge is -2.33. The lowest BCUT2D eigenvalue weighted by Crippen LogP contribution is -2.44. The van der Waals surface area contributed by atoms with Gasteiger partial charge in [-0.25, -0.2) is 0 Å². The third-order valence-corrected chi connectivity index (χ3v) is 6.81. The zero-order valence-corrected chi connectivity index (χ0v) is 20.7. The third kappa shape index (κ3) is 5.57. The monoisotopic (exact) mass is 471 g/mol. The van der Waals surface area contributed by atoms with E-state index in [9.17, 15) is 9.90 Å². The maximum Gasteiger partial charge on any atom is 0.320 e. The fourth-order valence-electron chi connectivity index (χ4n) is 4.86. The van der Waals surface area contributed by atoms with Gasteiger partial charge in [0.15, 0.2) is 0 Å². The Balaban J connectivity index is 1.63. The quantitative estimate of drug-likeness (QED) is 0.391. The van der Waals surface area contributed by atoms with Crippen molar-refractivity contribution in [3.8, 4) is 22.6 Å². The van der Waals surface area contributed by atoms with Crippen molar-refractivity contribution in [2.45, 2.75) is 38.8 Å². The molecule has 182 valence electrons. The molecule has 0 spiro atoms. The summed E-state index contributed by atoms with van der Waals surface area (Å²) in [6.07, 6.45) is 6.78. The van der Waals surface area contributed by atoms with E-state index in [4.69, 9.17) is 9.47 Å². The average Bonchev–Trinajstić information content (AvgIpc) is 2.89. The van der Waals surface area contributed by atoms with Gasteiger partial charge in [0.05, 0.1) is 14.2 Å². The van der Waals surface area contributed by atoms with Crippen molar-refractivity contribution in [2.75, 3.05) is 20.8 Å². The van der Waals surface area contributed by atoms with Crippen LogP contribution in [0.5, 0.6) is 11.5 Å². The topological polar surface area (TPSA) is 59.0 Å². The van der Waals surface area contributed by atoms with E-state index in [0.29, 0.717) is 13.0 Å². The third-order valence-electron chi connectivity index (χ3n) is 6.81. The van der Waals surface area contributed by atoms with E-state index in [1.54, 1.807) is 14.2 Å². The molecule has 0 aliphatic carbocycles. The van der Waals surface area contributed by atoms with E-state index in [0.717, 1.165) is 47.6 Å². The minimum atomic E-state index is -0.761. The first kappa shape index (κ1) is 24.6. The summed E-state index contributed by atoms with van der Waals surface area (Å²) in [7, 11) is 3.31. The molecule has 1 atom stereocenters. The molecule has 1 unspecified atom stereocenters. The lowest BCUT2D eigenvalue weighted by molar-refractivity contribution is -0.144.